The van der Waals surface area contributed by atoms with Crippen LogP contribution in [0.5, 0.6) is 0 Å². The van der Waals surface area contributed by atoms with Gasteiger partial charge in [0.1, 0.15) is 0 Å². The molecule has 2 fully saturated rings. The van der Waals surface area contributed by atoms with Crippen molar-refractivity contribution in [3.63, 3.8) is 0 Å². The Balaban J connectivity index is 1.65. The highest BCUT2D eigenvalue weighted by molar-refractivity contribution is 5.75. The largest absolute Gasteiger partial charge is 0.406 e. The van der Waals surface area contributed by atoms with Gasteiger partial charge in [-0.15, -0.1) is 0 Å². The lowest BCUT2D eigenvalue weighted by Crippen LogP contribution is -2.52. The molecule has 0 aliphatic carbocycles. The Hall–Kier alpha value is -2.32. The summed E-state index contributed by atoms with van der Waals surface area (Å²) in [6, 6.07) is 0.0941. The molecular weight excluding hydrogens is 288 g/mol. The number of amides is 2. The van der Waals surface area contributed by atoms with Gasteiger partial charge in [-0.2, -0.15) is 0 Å². The number of imidazole rings is 1. The summed E-state index contributed by atoms with van der Waals surface area (Å²) in [6.07, 6.45) is 3.61. The summed E-state index contributed by atoms with van der Waals surface area (Å²) in [7, 11) is 1.75. The number of carbonyl (C=O) groups excluding carboxylic acids is 1. The first kappa shape index (κ1) is 14.6. The zero-order valence-corrected chi connectivity index (χ0v) is 12.6. The van der Waals surface area contributed by atoms with Crippen molar-refractivity contribution in [2.45, 2.75) is 12.8 Å². The van der Waals surface area contributed by atoms with E-state index in [9.17, 15) is 14.9 Å². The first-order chi connectivity index (χ1) is 10.6. The molecular formula is C13H20N6O3. The van der Waals surface area contributed by atoms with Crippen LogP contribution in [0.2, 0.25) is 0 Å². The first-order valence-corrected chi connectivity index (χ1v) is 7.52. The summed E-state index contributed by atoms with van der Waals surface area (Å²) in [6.45, 7) is 4.01. The first-order valence-electron chi connectivity index (χ1n) is 7.52. The maximum Gasteiger partial charge on any atom is 0.406 e. The Bertz CT molecular complexity index is 572. The zero-order valence-electron chi connectivity index (χ0n) is 12.6. The molecule has 22 heavy (non-hydrogen) atoms. The molecule has 0 atom stereocenters. The molecule has 9 nitrogen and oxygen atoms in total. The Morgan fingerprint density at radius 3 is 2.32 bits per heavy atom. The highest BCUT2D eigenvalue weighted by atomic mass is 16.6. The van der Waals surface area contributed by atoms with Crippen molar-refractivity contribution in [2.24, 2.45) is 7.05 Å². The molecule has 2 saturated heterocycles. The predicted molar refractivity (Wildman–Crippen MR) is 79.9 cm³/mol. The lowest BCUT2D eigenvalue weighted by molar-refractivity contribution is -0.388. The van der Waals surface area contributed by atoms with Gasteiger partial charge in [0.25, 0.3) is 0 Å². The molecule has 0 N–H and O–H groups in total. The minimum atomic E-state index is -0.461. The monoisotopic (exact) mass is 308 g/mol. The number of carbonyl (C=O) groups is 1. The van der Waals surface area contributed by atoms with Crippen molar-refractivity contribution >= 4 is 17.7 Å². The van der Waals surface area contributed by atoms with Crippen LogP contribution in [0.1, 0.15) is 12.8 Å². The van der Waals surface area contributed by atoms with E-state index in [-0.39, 0.29) is 11.8 Å². The van der Waals surface area contributed by atoms with Crippen LogP contribution in [0.15, 0.2) is 6.33 Å². The Morgan fingerprint density at radius 2 is 1.73 bits per heavy atom. The highest BCUT2D eigenvalue weighted by Crippen LogP contribution is 2.27. The van der Waals surface area contributed by atoms with E-state index in [1.807, 2.05) is 14.7 Å². The number of aryl methyl sites for hydroxylation is 1. The molecule has 0 radical (unpaired) electrons. The second-order valence-electron chi connectivity index (χ2n) is 5.71. The maximum atomic E-state index is 12.3. The molecule has 2 aliphatic heterocycles. The predicted octanol–water partition coefficient (Wildman–Crippen LogP) is 0.666. The number of hydrogen-bond acceptors (Lipinski definition) is 5. The Kier molecular flexibility index (Phi) is 3.86. The van der Waals surface area contributed by atoms with Gasteiger partial charge in [0, 0.05) is 46.3 Å². The molecule has 0 spiro atoms. The summed E-state index contributed by atoms with van der Waals surface area (Å²) in [5, 5.41) is 11.1. The topological polar surface area (TPSA) is 87.7 Å². The van der Waals surface area contributed by atoms with Crippen LogP contribution in [0.3, 0.4) is 0 Å². The Labute approximate surface area is 128 Å². The molecule has 0 aromatic carbocycles. The van der Waals surface area contributed by atoms with Gasteiger partial charge in [-0.1, -0.05) is 0 Å². The maximum absolute atomic E-state index is 12.3. The third-order valence-electron chi connectivity index (χ3n) is 4.29. The highest BCUT2D eigenvalue weighted by Gasteiger charge is 2.31. The molecule has 9 heteroatoms. The van der Waals surface area contributed by atoms with Crippen molar-refractivity contribution in [3.8, 4) is 0 Å². The van der Waals surface area contributed by atoms with Gasteiger partial charge in [0.2, 0.25) is 12.1 Å². The number of piperazine rings is 1. The number of rotatable bonds is 2. The van der Waals surface area contributed by atoms with E-state index >= 15 is 0 Å². The van der Waals surface area contributed by atoms with Gasteiger partial charge >= 0.3 is 11.8 Å². The molecule has 3 rings (SSSR count). The van der Waals surface area contributed by atoms with Crippen molar-refractivity contribution in [2.75, 3.05) is 44.2 Å². The fraction of sp³-hybridized carbons (Fsp3) is 0.692. The molecule has 2 amide bonds. The fourth-order valence-corrected chi connectivity index (χ4v) is 3.12. The number of nitrogens with zero attached hydrogens (tertiary/aromatic N) is 6. The lowest BCUT2D eigenvalue weighted by Gasteiger charge is -2.37. The smallest absolute Gasteiger partial charge is 0.358 e. The number of hydrogen-bond donors (Lipinski definition) is 0. The molecule has 0 saturated carbocycles. The van der Waals surface area contributed by atoms with E-state index < -0.39 is 4.92 Å². The number of nitro groups is 1. The van der Waals surface area contributed by atoms with E-state index in [2.05, 4.69) is 4.98 Å². The van der Waals surface area contributed by atoms with Gasteiger partial charge in [-0.3, -0.25) is 4.57 Å². The summed E-state index contributed by atoms with van der Waals surface area (Å²) in [5.74, 6) is 0.389. The van der Waals surface area contributed by atoms with Crippen molar-refractivity contribution in [1.82, 2.24) is 19.4 Å². The van der Waals surface area contributed by atoms with E-state index in [1.165, 1.54) is 6.33 Å². The molecule has 0 bridgehead atoms. The average Bonchev–Trinajstić information content (AvgIpc) is 3.16. The number of anilines is 1. The van der Waals surface area contributed by atoms with Crippen molar-refractivity contribution < 1.29 is 9.72 Å². The van der Waals surface area contributed by atoms with Crippen LogP contribution in [0.25, 0.3) is 0 Å². The molecule has 2 aliphatic rings. The normalized spacial score (nSPS) is 18.9. The van der Waals surface area contributed by atoms with Crippen LogP contribution >= 0.6 is 0 Å². The summed E-state index contributed by atoms with van der Waals surface area (Å²) in [4.78, 5) is 32.4. The lowest BCUT2D eigenvalue weighted by atomic mass is 10.3. The van der Waals surface area contributed by atoms with Gasteiger partial charge < -0.3 is 24.8 Å². The van der Waals surface area contributed by atoms with Crippen LogP contribution in [-0.2, 0) is 7.05 Å². The van der Waals surface area contributed by atoms with E-state index in [4.69, 9.17) is 0 Å². The zero-order chi connectivity index (χ0) is 15.7. The quantitative estimate of drug-likeness (QED) is 0.592. The third-order valence-corrected chi connectivity index (χ3v) is 4.29. The summed E-state index contributed by atoms with van der Waals surface area (Å²) >= 11 is 0. The molecule has 3 heterocycles. The molecule has 120 valence electrons. The van der Waals surface area contributed by atoms with Gasteiger partial charge in [0.05, 0.1) is 0 Å². The summed E-state index contributed by atoms with van der Waals surface area (Å²) < 4.78 is 1.66. The second kappa shape index (κ2) is 5.82. The van der Waals surface area contributed by atoms with E-state index in [0.717, 1.165) is 25.9 Å². The number of likely N-dealkylation sites (tertiary alicyclic amines) is 1. The van der Waals surface area contributed by atoms with E-state index in [1.54, 1.807) is 11.6 Å². The second-order valence-corrected chi connectivity index (χ2v) is 5.71. The average molecular weight is 308 g/mol. The fourth-order valence-electron chi connectivity index (χ4n) is 3.12. The van der Waals surface area contributed by atoms with Crippen LogP contribution in [-0.4, -0.2) is 69.6 Å². The minimum Gasteiger partial charge on any atom is -0.358 e. The van der Waals surface area contributed by atoms with Crippen molar-refractivity contribution in [1.29, 1.82) is 0 Å². The standard InChI is InChI=1S/C13H20N6O3/c1-15-10-14-11(19(21)22)12(15)16-6-8-18(9-7-16)13(20)17-4-2-3-5-17/h10H,2-9H2,1H3. The molecule has 1 aromatic rings. The minimum absolute atomic E-state index is 0.0941. The van der Waals surface area contributed by atoms with Gasteiger partial charge in [-0.25, -0.2) is 4.79 Å². The van der Waals surface area contributed by atoms with Crippen LogP contribution < -0.4 is 4.90 Å². The van der Waals surface area contributed by atoms with Gasteiger partial charge in [-0.05, 0) is 22.7 Å². The molecule has 0 unspecified atom stereocenters. The van der Waals surface area contributed by atoms with Crippen LogP contribution in [0.4, 0.5) is 16.4 Å². The van der Waals surface area contributed by atoms with Gasteiger partial charge in [0.15, 0.2) is 0 Å². The third kappa shape index (κ3) is 2.58. The Morgan fingerprint density at radius 1 is 1.14 bits per heavy atom. The van der Waals surface area contributed by atoms with Crippen molar-refractivity contribution in [3.05, 3.63) is 16.4 Å². The van der Waals surface area contributed by atoms with E-state index in [0.29, 0.717) is 32.0 Å². The number of urea groups is 1. The van der Waals surface area contributed by atoms with Crippen LogP contribution in [0, 0.1) is 10.1 Å². The molecule has 1 aromatic heterocycles. The summed E-state index contributed by atoms with van der Waals surface area (Å²) in [5.41, 5.74) is 0. The number of aromatic nitrogens is 2. The SMILES string of the molecule is Cn1cnc([N+](=O)[O-])c1N1CCN(C(=O)N2CCCC2)CC1.